The Morgan fingerprint density at radius 2 is 1.90 bits per heavy atom. The summed E-state index contributed by atoms with van der Waals surface area (Å²) >= 11 is 0. The number of aryl methyl sites for hydroxylation is 2. The molecule has 158 valence electrons. The fourth-order valence-corrected chi connectivity index (χ4v) is 4.09. The van der Waals surface area contributed by atoms with Gasteiger partial charge in [0.2, 0.25) is 11.4 Å². The molecule has 1 atom stereocenters. The molecular weight excluding hydrogens is 380 g/mol. The van der Waals surface area contributed by atoms with Crippen LogP contribution in [0, 0.1) is 26.3 Å². The Kier molecular flexibility index (Phi) is 3.75. The molecule has 2 aromatic heterocycles. The number of hydrogen-bond donors (Lipinski definition) is 0. The second-order valence-corrected chi connectivity index (χ2v) is 8.47. The molecular formula is C28H31N2O+. The Bertz CT molecular complexity index is 1590. The first-order chi connectivity index (χ1) is 17.0. The smallest absolute Gasteiger partial charge is 0.229 e. The van der Waals surface area contributed by atoms with Crippen molar-refractivity contribution in [1.82, 2.24) is 0 Å². The molecule has 0 aliphatic heterocycles. The van der Waals surface area contributed by atoms with Gasteiger partial charge >= 0.3 is 0 Å². The summed E-state index contributed by atoms with van der Waals surface area (Å²) in [5.41, 5.74) is 5.20. The average molecular weight is 418 g/mol. The number of furan rings is 1. The van der Waals surface area contributed by atoms with Crippen molar-refractivity contribution in [3.63, 3.8) is 0 Å². The van der Waals surface area contributed by atoms with E-state index in [1.54, 1.807) is 6.07 Å². The predicted octanol–water partition coefficient (Wildman–Crippen LogP) is 7.57. The van der Waals surface area contributed by atoms with Crippen LogP contribution in [-0.4, -0.2) is 0 Å². The third kappa shape index (κ3) is 3.61. The van der Waals surface area contributed by atoms with E-state index in [9.17, 15) is 0 Å². The predicted molar refractivity (Wildman–Crippen MR) is 129 cm³/mol. The third-order valence-corrected chi connectivity index (χ3v) is 5.74. The number of benzene rings is 2. The number of fused-ring (bicyclic) bond motifs is 3. The first-order valence-electron chi connectivity index (χ1n) is 13.4. The Morgan fingerprint density at radius 1 is 1.13 bits per heavy atom. The van der Waals surface area contributed by atoms with Crippen LogP contribution in [0.5, 0.6) is 0 Å². The lowest BCUT2D eigenvalue weighted by Crippen LogP contribution is -2.35. The topological polar surface area (TPSA) is 21.4 Å². The van der Waals surface area contributed by atoms with Crippen LogP contribution >= 0.6 is 0 Å². The molecule has 1 unspecified atom stereocenters. The number of aromatic nitrogens is 1. The minimum Gasteiger partial charge on any atom is -0.466 e. The van der Waals surface area contributed by atoms with E-state index in [1.165, 1.54) is 13.0 Å². The van der Waals surface area contributed by atoms with Gasteiger partial charge in [-0.05, 0) is 48.4 Å². The maximum Gasteiger partial charge on any atom is 0.229 e. The molecule has 3 heteroatoms. The van der Waals surface area contributed by atoms with E-state index in [1.807, 2.05) is 63.6 Å². The highest BCUT2D eigenvalue weighted by Crippen LogP contribution is 2.42. The number of hydrogen-bond acceptors (Lipinski definition) is 1. The summed E-state index contributed by atoms with van der Waals surface area (Å²) in [4.78, 5) is 3.61. The van der Waals surface area contributed by atoms with Crippen LogP contribution in [0.1, 0.15) is 64.1 Å². The minimum absolute atomic E-state index is 0.153. The second-order valence-electron chi connectivity index (χ2n) is 8.47. The zero-order chi connectivity index (χ0) is 27.7. The van der Waals surface area contributed by atoms with E-state index in [4.69, 9.17) is 19.2 Å². The van der Waals surface area contributed by atoms with Gasteiger partial charge in [-0.3, -0.25) is 0 Å². The summed E-state index contributed by atoms with van der Waals surface area (Å²) in [5.74, 6) is -2.13. The van der Waals surface area contributed by atoms with E-state index in [0.717, 1.165) is 22.5 Å². The van der Waals surface area contributed by atoms with Crippen LogP contribution in [0.15, 0.2) is 40.8 Å². The first kappa shape index (κ1) is 14.8. The monoisotopic (exact) mass is 417 g/mol. The van der Waals surface area contributed by atoms with Crippen LogP contribution < -0.4 is 4.57 Å². The molecule has 0 N–H and O–H groups in total. The molecule has 0 bridgehead atoms. The molecule has 0 fully saturated rings. The van der Waals surface area contributed by atoms with Crippen LogP contribution in [-0.2, 0) is 13.4 Å². The Morgan fingerprint density at radius 3 is 2.58 bits per heavy atom. The van der Waals surface area contributed by atoms with Gasteiger partial charge in [0.1, 0.15) is 18.2 Å². The number of pyridine rings is 1. The van der Waals surface area contributed by atoms with Gasteiger partial charge in [-0.1, -0.05) is 45.3 Å². The molecule has 0 saturated carbocycles. The van der Waals surface area contributed by atoms with Crippen LogP contribution in [0.3, 0.4) is 0 Å². The van der Waals surface area contributed by atoms with Crippen molar-refractivity contribution in [1.29, 1.82) is 0 Å². The van der Waals surface area contributed by atoms with Gasteiger partial charge in [-0.15, -0.1) is 0 Å². The third-order valence-electron chi connectivity index (χ3n) is 5.74. The fraction of sp³-hybridized carbons (Fsp3) is 0.357. The van der Waals surface area contributed by atoms with Gasteiger partial charge in [-0.2, -0.15) is 4.57 Å². The van der Waals surface area contributed by atoms with E-state index in [0.29, 0.717) is 27.5 Å². The highest BCUT2D eigenvalue weighted by molar-refractivity contribution is 6.13. The van der Waals surface area contributed by atoms with E-state index in [2.05, 4.69) is 4.85 Å². The molecule has 31 heavy (non-hydrogen) atoms. The first-order valence-corrected chi connectivity index (χ1v) is 10.4. The molecule has 0 aliphatic rings. The van der Waals surface area contributed by atoms with Crippen molar-refractivity contribution in [2.45, 2.75) is 53.7 Å². The highest BCUT2D eigenvalue weighted by Gasteiger charge is 2.24. The highest BCUT2D eigenvalue weighted by atomic mass is 16.3. The summed E-state index contributed by atoms with van der Waals surface area (Å²) < 4.78 is 57.8. The van der Waals surface area contributed by atoms with Crippen molar-refractivity contribution in [3.8, 4) is 11.3 Å². The molecule has 0 radical (unpaired) electrons. The number of rotatable bonds is 4. The molecule has 0 spiro atoms. The normalized spacial score (nSPS) is 17.4. The molecule has 2 aromatic carbocycles. The van der Waals surface area contributed by atoms with Crippen molar-refractivity contribution >= 4 is 27.6 Å². The Balaban J connectivity index is 2.11. The fourth-order valence-electron chi connectivity index (χ4n) is 4.09. The second kappa shape index (κ2) is 7.85. The largest absolute Gasteiger partial charge is 0.466 e. The minimum atomic E-state index is -2.58. The van der Waals surface area contributed by atoms with E-state index in [-0.39, 0.29) is 17.2 Å². The van der Waals surface area contributed by atoms with Crippen molar-refractivity contribution < 1.29 is 17.2 Å². The lowest BCUT2D eigenvalue weighted by molar-refractivity contribution is -0.666. The molecule has 4 aromatic rings. The summed E-state index contributed by atoms with van der Waals surface area (Å²) in [7, 11) is 1.92. The molecule has 3 nitrogen and oxygen atoms in total. The lowest BCUT2D eigenvalue weighted by Gasteiger charge is -2.11. The van der Waals surface area contributed by atoms with E-state index < -0.39 is 19.1 Å². The van der Waals surface area contributed by atoms with Gasteiger partial charge in [0.05, 0.1) is 12.1 Å². The molecule has 2 heterocycles. The van der Waals surface area contributed by atoms with Crippen molar-refractivity contribution in [2.75, 3.05) is 0 Å². The van der Waals surface area contributed by atoms with Crippen LogP contribution in [0.4, 0.5) is 5.69 Å². The van der Waals surface area contributed by atoms with Gasteiger partial charge < -0.3 is 4.42 Å². The van der Waals surface area contributed by atoms with Gasteiger partial charge in [0.25, 0.3) is 0 Å². The summed E-state index contributed by atoms with van der Waals surface area (Å²) in [6.45, 7) is 14.1. The zero-order valence-electron chi connectivity index (χ0n) is 24.8. The SMILES string of the molecule is [2H]C([2H])(c1cc(C)[n+](C)c(-c2c(C)ccc3c2oc2c([N+]#[C-])cc(C([2H])(C)C([2H])([2H])[2H])cc23)c1)C(C)C. The Hall–Kier alpha value is -3.12. The maximum absolute atomic E-state index is 8.68. The van der Waals surface area contributed by atoms with E-state index >= 15 is 0 Å². The molecule has 0 aliphatic carbocycles. The summed E-state index contributed by atoms with van der Waals surface area (Å²) in [6, 6.07) is 10.6. The number of nitrogens with zero attached hydrogens (tertiary/aromatic N) is 2. The average Bonchev–Trinajstić information content (AvgIpc) is 3.18. The Labute approximate surface area is 193 Å². The van der Waals surface area contributed by atoms with Crippen LogP contribution in [0.25, 0.3) is 38.0 Å². The quantitative estimate of drug-likeness (QED) is 0.248. The molecule has 0 amide bonds. The standard InChI is InChI=1S/C28H31N2O/c1-16(2)11-20-12-19(6)30(8)25(13-20)26-18(5)9-10-22-23-14-21(17(3)4)15-24(29-7)27(23)31-28(22)26/h9-10,12-17H,11H2,1-6,8H3/q+1/i3D3,11D2,17D. The van der Waals surface area contributed by atoms with Crippen LogP contribution in [0.2, 0.25) is 0 Å². The van der Waals surface area contributed by atoms with Gasteiger partial charge in [0.15, 0.2) is 5.69 Å². The maximum atomic E-state index is 8.68. The lowest BCUT2D eigenvalue weighted by atomic mass is 9.95. The summed E-state index contributed by atoms with van der Waals surface area (Å²) in [5, 5.41) is 1.29. The zero-order valence-corrected chi connectivity index (χ0v) is 18.8. The van der Waals surface area contributed by atoms with Crippen molar-refractivity contribution in [3.05, 3.63) is 70.2 Å². The molecule has 0 saturated heterocycles. The van der Waals surface area contributed by atoms with Gasteiger partial charge in [-0.25, -0.2) is 4.85 Å². The summed E-state index contributed by atoms with van der Waals surface area (Å²) in [6.07, 6.45) is -1.54. The molecule has 4 rings (SSSR count). The van der Waals surface area contributed by atoms with Crippen molar-refractivity contribution in [2.24, 2.45) is 13.0 Å². The van der Waals surface area contributed by atoms with Gasteiger partial charge in [0, 0.05) is 38.1 Å².